The van der Waals surface area contributed by atoms with E-state index in [0.29, 0.717) is 11.8 Å². The molecule has 2 nitrogen and oxygen atoms in total. The van der Waals surface area contributed by atoms with Gasteiger partial charge < -0.3 is 10.5 Å². The van der Waals surface area contributed by atoms with Crippen LogP contribution in [0.25, 0.3) is 0 Å². The quantitative estimate of drug-likeness (QED) is 0.870. The first-order valence-electron chi connectivity index (χ1n) is 6.58. The molecule has 0 aromatic heterocycles. The van der Waals surface area contributed by atoms with Crippen LogP contribution < -0.4 is 10.5 Å². The smallest absolute Gasteiger partial charge is 0.118 e. The summed E-state index contributed by atoms with van der Waals surface area (Å²) in [5, 5.41) is 0. The lowest BCUT2D eigenvalue weighted by atomic mass is 9.71. The highest BCUT2D eigenvalue weighted by Crippen LogP contribution is 2.40. The van der Waals surface area contributed by atoms with Crippen molar-refractivity contribution in [3.8, 4) is 5.75 Å². The van der Waals surface area contributed by atoms with Gasteiger partial charge >= 0.3 is 0 Å². The highest BCUT2D eigenvalue weighted by Gasteiger charge is 2.28. The molecule has 0 bridgehead atoms. The Hall–Kier alpha value is -1.02. The van der Waals surface area contributed by atoms with Gasteiger partial charge in [0, 0.05) is 0 Å². The van der Waals surface area contributed by atoms with Gasteiger partial charge in [-0.15, -0.1) is 0 Å². The molecule has 1 aromatic carbocycles. The standard InChI is InChI=1S/C15H23NO/c1-11-3-4-13(10-16)15(9-11)12-5-7-14(17-2)8-6-12/h5-8,11,13,15H,3-4,9-10,16H2,1-2H3. The maximum Gasteiger partial charge on any atom is 0.118 e. The van der Waals surface area contributed by atoms with Crippen molar-refractivity contribution in [1.29, 1.82) is 0 Å². The summed E-state index contributed by atoms with van der Waals surface area (Å²) in [5.74, 6) is 3.04. The van der Waals surface area contributed by atoms with E-state index in [4.69, 9.17) is 10.5 Å². The maximum absolute atomic E-state index is 5.91. The molecule has 3 atom stereocenters. The van der Waals surface area contributed by atoms with Crippen LogP contribution in [0, 0.1) is 11.8 Å². The van der Waals surface area contributed by atoms with E-state index >= 15 is 0 Å². The number of ether oxygens (including phenoxy) is 1. The second kappa shape index (κ2) is 5.54. The average Bonchev–Trinajstić information content (AvgIpc) is 2.39. The van der Waals surface area contributed by atoms with Gasteiger partial charge in [-0.1, -0.05) is 25.5 Å². The van der Waals surface area contributed by atoms with Crippen molar-refractivity contribution in [1.82, 2.24) is 0 Å². The number of methoxy groups -OCH3 is 1. The summed E-state index contributed by atoms with van der Waals surface area (Å²) in [6, 6.07) is 8.51. The Morgan fingerprint density at radius 2 is 1.94 bits per heavy atom. The van der Waals surface area contributed by atoms with Gasteiger partial charge in [-0.05, 0) is 54.8 Å². The molecule has 0 aliphatic heterocycles. The molecule has 2 heteroatoms. The van der Waals surface area contributed by atoms with Gasteiger partial charge in [0.1, 0.15) is 5.75 Å². The molecule has 0 spiro atoms. The van der Waals surface area contributed by atoms with Crippen LogP contribution in [0.5, 0.6) is 5.75 Å². The SMILES string of the molecule is COc1ccc(C2CC(C)CCC2CN)cc1. The Bertz CT molecular complexity index is 346. The van der Waals surface area contributed by atoms with Crippen LogP contribution in [0.3, 0.4) is 0 Å². The first kappa shape index (κ1) is 12.4. The van der Waals surface area contributed by atoms with Crippen LogP contribution in [0.4, 0.5) is 0 Å². The Balaban J connectivity index is 2.16. The summed E-state index contributed by atoms with van der Waals surface area (Å²) in [6.45, 7) is 3.16. The molecule has 1 fully saturated rings. The monoisotopic (exact) mass is 233 g/mol. The van der Waals surface area contributed by atoms with Crippen molar-refractivity contribution in [3.63, 3.8) is 0 Å². The summed E-state index contributed by atoms with van der Waals surface area (Å²) in [5.41, 5.74) is 7.33. The van der Waals surface area contributed by atoms with E-state index in [9.17, 15) is 0 Å². The van der Waals surface area contributed by atoms with Gasteiger partial charge in [0.2, 0.25) is 0 Å². The van der Waals surface area contributed by atoms with Gasteiger partial charge in [0.05, 0.1) is 7.11 Å². The molecule has 0 heterocycles. The van der Waals surface area contributed by atoms with E-state index in [0.717, 1.165) is 18.2 Å². The molecular weight excluding hydrogens is 210 g/mol. The number of hydrogen-bond donors (Lipinski definition) is 1. The van der Waals surface area contributed by atoms with Crippen molar-refractivity contribution in [2.45, 2.75) is 32.1 Å². The Morgan fingerprint density at radius 1 is 1.24 bits per heavy atom. The zero-order valence-corrected chi connectivity index (χ0v) is 10.9. The topological polar surface area (TPSA) is 35.2 Å². The van der Waals surface area contributed by atoms with E-state index < -0.39 is 0 Å². The molecule has 0 saturated heterocycles. The summed E-state index contributed by atoms with van der Waals surface area (Å²) in [4.78, 5) is 0. The van der Waals surface area contributed by atoms with E-state index in [2.05, 4.69) is 31.2 Å². The Labute approximate surface area is 104 Å². The number of nitrogens with two attached hydrogens (primary N) is 1. The first-order valence-corrected chi connectivity index (χ1v) is 6.58. The average molecular weight is 233 g/mol. The molecule has 94 valence electrons. The third kappa shape index (κ3) is 2.81. The minimum absolute atomic E-state index is 0.634. The van der Waals surface area contributed by atoms with Gasteiger partial charge in [-0.3, -0.25) is 0 Å². The zero-order valence-electron chi connectivity index (χ0n) is 10.9. The molecule has 3 unspecified atom stereocenters. The number of rotatable bonds is 3. The largest absolute Gasteiger partial charge is 0.497 e. The lowest BCUT2D eigenvalue weighted by molar-refractivity contribution is 0.253. The lowest BCUT2D eigenvalue weighted by Gasteiger charge is -2.34. The molecular formula is C15H23NO. The Morgan fingerprint density at radius 3 is 2.53 bits per heavy atom. The summed E-state index contributed by atoms with van der Waals surface area (Å²) in [7, 11) is 1.71. The molecule has 1 aromatic rings. The normalized spacial score (nSPS) is 29.0. The highest BCUT2D eigenvalue weighted by molar-refractivity contribution is 5.30. The van der Waals surface area contributed by atoms with Crippen LogP contribution in [-0.2, 0) is 0 Å². The molecule has 17 heavy (non-hydrogen) atoms. The van der Waals surface area contributed by atoms with Crippen LogP contribution >= 0.6 is 0 Å². The van der Waals surface area contributed by atoms with E-state index in [1.54, 1.807) is 7.11 Å². The van der Waals surface area contributed by atoms with Crippen LogP contribution in [-0.4, -0.2) is 13.7 Å². The summed E-state index contributed by atoms with van der Waals surface area (Å²) < 4.78 is 5.21. The van der Waals surface area contributed by atoms with Crippen molar-refractivity contribution in [2.24, 2.45) is 17.6 Å². The van der Waals surface area contributed by atoms with Gasteiger partial charge in [0.25, 0.3) is 0 Å². The molecule has 1 aliphatic carbocycles. The molecule has 2 rings (SSSR count). The van der Waals surface area contributed by atoms with E-state index in [-0.39, 0.29) is 0 Å². The summed E-state index contributed by atoms with van der Waals surface area (Å²) in [6.07, 6.45) is 3.87. The van der Waals surface area contributed by atoms with Gasteiger partial charge in [-0.2, -0.15) is 0 Å². The second-order valence-electron chi connectivity index (χ2n) is 5.29. The predicted molar refractivity (Wildman–Crippen MR) is 71.3 cm³/mol. The molecule has 0 amide bonds. The fourth-order valence-corrected chi connectivity index (χ4v) is 2.99. The third-order valence-corrected chi connectivity index (χ3v) is 4.10. The van der Waals surface area contributed by atoms with Crippen LogP contribution in [0.15, 0.2) is 24.3 Å². The van der Waals surface area contributed by atoms with Crippen molar-refractivity contribution in [2.75, 3.05) is 13.7 Å². The summed E-state index contributed by atoms with van der Waals surface area (Å²) >= 11 is 0. The molecule has 2 N–H and O–H groups in total. The van der Waals surface area contributed by atoms with E-state index in [1.165, 1.54) is 24.8 Å². The number of benzene rings is 1. The van der Waals surface area contributed by atoms with Crippen molar-refractivity contribution >= 4 is 0 Å². The minimum atomic E-state index is 0.634. The minimum Gasteiger partial charge on any atom is -0.497 e. The predicted octanol–water partition coefficient (Wildman–Crippen LogP) is 3.17. The highest BCUT2D eigenvalue weighted by atomic mass is 16.5. The molecule has 1 aliphatic rings. The van der Waals surface area contributed by atoms with Crippen molar-refractivity contribution < 1.29 is 4.74 Å². The Kier molecular flexibility index (Phi) is 4.06. The maximum atomic E-state index is 5.91. The molecule has 1 saturated carbocycles. The van der Waals surface area contributed by atoms with Gasteiger partial charge in [0.15, 0.2) is 0 Å². The fourth-order valence-electron chi connectivity index (χ4n) is 2.99. The fraction of sp³-hybridized carbons (Fsp3) is 0.600. The van der Waals surface area contributed by atoms with E-state index in [1.807, 2.05) is 0 Å². The second-order valence-corrected chi connectivity index (χ2v) is 5.29. The molecule has 0 radical (unpaired) electrons. The third-order valence-electron chi connectivity index (χ3n) is 4.10. The first-order chi connectivity index (χ1) is 8.24. The van der Waals surface area contributed by atoms with Crippen molar-refractivity contribution in [3.05, 3.63) is 29.8 Å². The van der Waals surface area contributed by atoms with Gasteiger partial charge in [-0.25, -0.2) is 0 Å². The zero-order chi connectivity index (χ0) is 12.3. The van der Waals surface area contributed by atoms with Crippen LogP contribution in [0.2, 0.25) is 0 Å². The lowest BCUT2D eigenvalue weighted by Crippen LogP contribution is -2.28. The number of hydrogen-bond acceptors (Lipinski definition) is 2. The van der Waals surface area contributed by atoms with Crippen LogP contribution in [0.1, 0.15) is 37.7 Å².